The highest BCUT2D eigenvalue weighted by Crippen LogP contribution is 2.29. The van der Waals surface area contributed by atoms with Crippen molar-refractivity contribution in [3.8, 4) is 0 Å². The minimum atomic E-state index is 0.216. The maximum atomic E-state index is 12.7. The smallest absolute Gasteiger partial charge is 0.233 e. The summed E-state index contributed by atoms with van der Waals surface area (Å²) in [6.07, 6.45) is 5.81. The number of rotatable bonds is 5. The molecular formula is C24H33N5OS. The summed E-state index contributed by atoms with van der Waals surface area (Å²) < 4.78 is 0. The second kappa shape index (κ2) is 9.90. The molecule has 0 spiro atoms. The zero-order valence-corrected chi connectivity index (χ0v) is 19.7. The number of piperidine rings is 1. The lowest BCUT2D eigenvalue weighted by Crippen LogP contribution is -2.47. The van der Waals surface area contributed by atoms with Crippen LogP contribution in [0.3, 0.4) is 0 Å². The van der Waals surface area contributed by atoms with Crippen molar-refractivity contribution in [1.82, 2.24) is 14.9 Å². The van der Waals surface area contributed by atoms with Crippen LogP contribution in [-0.4, -0.2) is 65.8 Å². The molecule has 0 saturated carbocycles. The zero-order valence-electron chi connectivity index (χ0n) is 18.9. The average Bonchev–Trinajstić information content (AvgIpc) is 2.80. The number of piperazine rings is 1. The number of aromatic nitrogens is 2. The molecule has 0 N–H and O–H groups in total. The summed E-state index contributed by atoms with van der Waals surface area (Å²) >= 11 is 1.53. The molecule has 0 radical (unpaired) electrons. The number of anilines is 2. The Kier molecular flexibility index (Phi) is 7.00. The van der Waals surface area contributed by atoms with Crippen LogP contribution in [-0.2, 0) is 4.79 Å². The number of hydrogen-bond donors (Lipinski definition) is 0. The van der Waals surface area contributed by atoms with Crippen molar-refractivity contribution < 1.29 is 4.79 Å². The van der Waals surface area contributed by atoms with Crippen LogP contribution in [0.2, 0.25) is 0 Å². The Labute approximate surface area is 190 Å². The van der Waals surface area contributed by atoms with Gasteiger partial charge in [-0.25, -0.2) is 9.97 Å². The third-order valence-electron chi connectivity index (χ3n) is 6.48. The van der Waals surface area contributed by atoms with E-state index in [1.807, 2.05) is 4.90 Å². The third-order valence-corrected chi connectivity index (χ3v) is 7.44. The van der Waals surface area contributed by atoms with Gasteiger partial charge in [-0.05, 0) is 49.8 Å². The summed E-state index contributed by atoms with van der Waals surface area (Å²) in [6.45, 7) is 12.1. The number of amides is 1. The molecule has 4 rings (SSSR count). The Morgan fingerprint density at radius 3 is 2.58 bits per heavy atom. The molecule has 0 bridgehead atoms. The molecule has 1 atom stereocenters. The number of aryl methyl sites for hydroxylation is 1. The summed E-state index contributed by atoms with van der Waals surface area (Å²) in [7, 11) is 0. The topological polar surface area (TPSA) is 52.6 Å². The lowest BCUT2D eigenvalue weighted by atomic mass is 10.0. The SMILES string of the molecule is Cc1cccc(N2CCN(c3nccnc3SCC(=O)N3CCC[C@@H](C)C3)CC2)c1C. The standard InChI is InChI=1S/C24H33N5OS/c1-18-6-5-11-29(16-18)22(30)17-31-24-23(25-9-10-26-24)28-14-12-27(13-15-28)21-8-4-7-19(2)20(21)3/h4,7-10,18H,5-6,11-17H2,1-3H3/t18-/m1/s1. The van der Waals surface area contributed by atoms with Crippen LogP contribution in [0.15, 0.2) is 35.6 Å². The summed E-state index contributed by atoms with van der Waals surface area (Å²) in [5.41, 5.74) is 4.02. The molecular weight excluding hydrogens is 406 g/mol. The van der Waals surface area contributed by atoms with Gasteiger partial charge in [-0.3, -0.25) is 4.79 Å². The number of nitrogens with zero attached hydrogens (tertiary/aromatic N) is 5. The van der Waals surface area contributed by atoms with E-state index in [2.05, 4.69) is 58.7 Å². The van der Waals surface area contributed by atoms with Crippen LogP contribution >= 0.6 is 11.8 Å². The predicted octanol–water partition coefficient (Wildman–Crippen LogP) is 3.77. The molecule has 2 aliphatic rings. The van der Waals surface area contributed by atoms with Gasteiger partial charge in [0, 0.05) is 57.3 Å². The number of hydrogen-bond acceptors (Lipinski definition) is 6. The van der Waals surface area contributed by atoms with Crippen molar-refractivity contribution in [2.75, 3.05) is 54.8 Å². The van der Waals surface area contributed by atoms with Crippen LogP contribution in [0.5, 0.6) is 0 Å². The summed E-state index contributed by atoms with van der Waals surface area (Å²) in [5, 5.41) is 0.862. The van der Waals surface area contributed by atoms with Gasteiger partial charge in [0.15, 0.2) is 5.82 Å². The van der Waals surface area contributed by atoms with Crippen LogP contribution < -0.4 is 9.80 Å². The Morgan fingerprint density at radius 2 is 1.81 bits per heavy atom. The predicted molar refractivity (Wildman–Crippen MR) is 128 cm³/mol. The van der Waals surface area contributed by atoms with Crippen molar-refractivity contribution in [1.29, 1.82) is 0 Å². The summed E-state index contributed by atoms with van der Waals surface area (Å²) in [4.78, 5) is 28.7. The number of carbonyl (C=O) groups is 1. The van der Waals surface area contributed by atoms with Gasteiger partial charge in [0.05, 0.1) is 5.75 Å². The second-order valence-corrected chi connectivity index (χ2v) is 9.72. The Morgan fingerprint density at radius 1 is 1.06 bits per heavy atom. The Balaban J connectivity index is 1.38. The highest BCUT2D eigenvalue weighted by Gasteiger charge is 2.24. The molecule has 0 aliphatic carbocycles. The van der Waals surface area contributed by atoms with E-state index in [9.17, 15) is 4.79 Å². The van der Waals surface area contributed by atoms with E-state index in [1.54, 1.807) is 12.4 Å². The molecule has 1 aromatic carbocycles. The number of carbonyl (C=O) groups excluding carboxylic acids is 1. The second-order valence-electron chi connectivity index (χ2n) is 8.75. The van der Waals surface area contributed by atoms with E-state index in [-0.39, 0.29) is 5.91 Å². The molecule has 2 aromatic rings. The minimum absolute atomic E-state index is 0.216. The first-order valence-corrected chi connectivity index (χ1v) is 12.3. The van der Waals surface area contributed by atoms with E-state index < -0.39 is 0 Å². The average molecular weight is 440 g/mol. The monoisotopic (exact) mass is 439 g/mol. The van der Waals surface area contributed by atoms with Gasteiger partial charge in [-0.1, -0.05) is 30.8 Å². The van der Waals surface area contributed by atoms with E-state index in [4.69, 9.17) is 0 Å². The largest absolute Gasteiger partial charge is 0.368 e. The first kappa shape index (κ1) is 21.9. The molecule has 0 unspecified atom stereocenters. The van der Waals surface area contributed by atoms with Gasteiger partial charge in [-0.15, -0.1) is 0 Å². The van der Waals surface area contributed by atoms with E-state index in [0.717, 1.165) is 56.5 Å². The van der Waals surface area contributed by atoms with E-state index in [1.165, 1.54) is 35.0 Å². The van der Waals surface area contributed by atoms with Gasteiger partial charge in [0.2, 0.25) is 5.91 Å². The van der Waals surface area contributed by atoms with E-state index in [0.29, 0.717) is 11.7 Å². The lowest BCUT2D eigenvalue weighted by molar-refractivity contribution is -0.130. The van der Waals surface area contributed by atoms with Crippen LogP contribution in [0, 0.1) is 19.8 Å². The molecule has 31 heavy (non-hydrogen) atoms. The first-order chi connectivity index (χ1) is 15.0. The van der Waals surface area contributed by atoms with Gasteiger partial charge >= 0.3 is 0 Å². The molecule has 2 saturated heterocycles. The summed E-state index contributed by atoms with van der Waals surface area (Å²) in [6, 6.07) is 6.53. The number of likely N-dealkylation sites (tertiary alicyclic amines) is 1. The maximum absolute atomic E-state index is 12.7. The molecule has 1 amide bonds. The molecule has 1 aromatic heterocycles. The molecule has 166 valence electrons. The van der Waals surface area contributed by atoms with Gasteiger partial charge in [0.25, 0.3) is 0 Å². The van der Waals surface area contributed by atoms with Gasteiger partial charge < -0.3 is 14.7 Å². The normalized spacial score (nSPS) is 19.6. The maximum Gasteiger partial charge on any atom is 0.233 e. The van der Waals surface area contributed by atoms with E-state index >= 15 is 0 Å². The van der Waals surface area contributed by atoms with Gasteiger partial charge in [-0.2, -0.15) is 0 Å². The highest BCUT2D eigenvalue weighted by atomic mass is 32.2. The fourth-order valence-corrected chi connectivity index (χ4v) is 5.40. The minimum Gasteiger partial charge on any atom is -0.368 e. The van der Waals surface area contributed by atoms with Crippen molar-refractivity contribution >= 4 is 29.2 Å². The van der Waals surface area contributed by atoms with Crippen molar-refractivity contribution in [2.45, 2.75) is 38.6 Å². The Bertz CT molecular complexity index is 913. The number of benzene rings is 1. The lowest BCUT2D eigenvalue weighted by Gasteiger charge is -2.38. The van der Waals surface area contributed by atoms with Gasteiger partial charge in [0.1, 0.15) is 5.03 Å². The molecule has 7 heteroatoms. The molecule has 3 heterocycles. The zero-order chi connectivity index (χ0) is 21.8. The number of thioether (sulfide) groups is 1. The van der Waals surface area contributed by atoms with Crippen LogP contribution in [0.25, 0.3) is 0 Å². The fraction of sp³-hybridized carbons (Fsp3) is 0.542. The molecule has 2 aliphatic heterocycles. The van der Waals surface area contributed by atoms with Crippen LogP contribution in [0.4, 0.5) is 11.5 Å². The van der Waals surface area contributed by atoms with Crippen molar-refractivity contribution in [3.63, 3.8) is 0 Å². The highest BCUT2D eigenvalue weighted by molar-refractivity contribution is 8.00. The summed E-state index contributed by atoms with van der Waals surface area (Å²) in [5.74, 6) is 2.16. The van der Waals surface area contributed by atoms with Crippen molar-refractivity contribution in [2.24, 2.45) is 5.92 Å². The fourth-order valence-electron chi connectivity index (χ4n) is 4.51. The molecule has 6 nitrogen and oxygen atoms in total. The van der Waals surface area contributed by atoms with Crippen molar-refractivity contribution in [3.05, 3.63) is 41.7 Å². The quantitative estimate of drug-likeness (QED) is 0.661. The van der Waals surface area contributed by atoms with Crippen LogP contribution in [0.1, 0.15) is 30.9 Å². The first-order valence-electron chi connectivity index (χ1n) is 11.3. The third kappa shape index (κ3) is 5.14. The Hall–Kier alpha value is -2.28. The molecule has 2 fully saturated rings.